The van der Waals surface area contributed by atoms with Crippen LogP contribution in [0.4, 0.5) is 0 Å². The summed E-state index contributed by atoms with van der Waals surface area (Å²) in [4.78, 5) is 0. The van der Waals surface area contributed by atoms with E-state index < -0.39 is 22.2 Å². The number of hydrogen-bond acceptors (Lipinski definition) is 8. The molecule has 0 heterocycles. The Labute approximate surface area is 158 Å². The third-order valence-corrected chi connectivity index (χ3v) is 5.64. The van der Waals surface area contributed by atoms with E-state index >= 15 is 0 Å². The molecule has 0 aliphatic rings. The second-order valence-corrected chi connectivity index (χ2v) is 7.52. The molecule has 0 rings (SSSR count). The van der Waals surface area contributed by atoms with Gasteiger partial charge in [-0.25, -0.2) is 0 Å². The van der Waals surface area contributed by atoms with Crippen LogP contribution in [0, 0.1) is 11.3 Å². The molecule has 146 valence electrons. The molecule has 0 aliphatic heterocycles. The highest BCUT2D eigenvalue weighted by Crippen LogP contribution is 2.49. The summed E-state index contributed by atoms with van der Waals surface area (Å²) < 4.78 is 49.5. The molecule has 0 amide bonds. The van der Waals surface area contributed by atoms with Gasteiger partial charge in [-0.3, -0.25) is 0 Å². The highest BCUT2D eigenvalue weighted by atomic mass is 32.5. The normalized spacial score (nSPS) is 12.7. The summed E-state index contributed by atoms with van der Waals surface area (Å²) in [5.41, 5.74) is 0. The number of hydrogen-bond donors (Lipinski definition) is 0. The lowest BCUT2D eigenvalue weighted by Crippen LogP contribution is -1.98. The molecule has 0 unspecified atom stereocenters. The zero-order valence-electron chi connectivity index (χ0n) is 18.4. The molecule has 0 N–H and O–H groups in total. The van der Waals surface area contributed by atoms with E-state index in [4.69, 9.17) is 48.3 Å². The van der Waals surface area contributed by atoms with Crippen LogP contribution in [0.25, 0.3) is 0 Å². The van der Waals surface area contributed by atoms with E-state index in [0.717, 1.165) is 6.07 Å². The van der Waals surface area contributed by atoms with E-state index in [0.29, 0.717) is 39.6 Å². The Morgan fingerprint density at radius 1 is 0.833 bits per heavy atom. The first kappa shape index (κ1) is 22.4. The molecule has 10 heteroatoms. The molecule has 0 bridgehead atoms. The van der Waals surface area contributed by atoms with Gasteiger partial charge >= 0.3 is 15.3 Å². The molecule has 0 atom stereocenters. The van der Waals surface area contributed by atoms with E-state index in [1.807, 2.05) is 41.5 Å². The summed E-state index contributed by atoms with van der Waals surface area (Å²) >= 11 is 5.04. The average molecular weight is 408 g/mol. The molecule has 0 aromatic carbocycles. The van der Waals surface area contributed by atoms with Crippen LogP contribution in [-0.4, -0.2) is 39.6 Å². The molecule has 24 heavy (non-hydrogen) atoms. The first-order valence-corrected chi connectivity index (χ1v) is 11.4. The second-order valence-electron chi connectivity index (χ2n) is 3.29. The molecular formula is C14H33NO6P2S. The van der Waals surface area contributed by atoms with Crippen LogP contribution in [0.2, 0.25) is 0 Å². The van der Waals surface area contributed by atoms with Crippen molar-refractivity contribution in [1.29, 1.82) is 5.26 Å². The lowest BCUT2D eigenvalue weighted by Gasteiger charge is -2.19. The summed E-state index contributed by atoms with van der Waals surface area (Å²) in [6.07, 6.45) is 0. The Morgan fingerprint density at radius 3 is 1.29 bits per heavy atom. The van der Waals surface area contributed by atoms with Crippen molar-refractivity contribution < 1.29 is 31.3 Å². The minimum atomic E-state index is -2.40. The van der Waals surface area contributed by atoms with Gasteiger partial charge in [0.2, 0.25) is 0 Å². The van der Waals surface area contributed by atoms with E-state index in [-0.39, 0.29) is 0 Å². The molecular weight excluding hydrogens is 372 g/mol. The minimum Gasteiger partial charge on any atom is -0.313 e. The van der Waals surface area contributed by atoms with Crippen LogP contribution in [0.15, 0.2) is 0 Å². The van der Waals surface area contributed by atoms with Gasteiger partial charge in [0.1, 0.15) is 0 Å². The maximum atomic E-state index is 7.59. The van der Waals surface area contributed by atoms with Crippen LogP contribution in [0.3, 0.4) is 0 Å². The molecule has 0 aromatic heterocycles. The molecule has 0 saturated carbocycles. The Morgan fingerprint density at radius 2 is 1.12 bits per heavy atom. The van der Waals surface area contributed by atoms with Crippen molar-refractivity contribution in [3.8, 4) is 6.07 Å². The van der Waals surface area contributed by atoms with E-state index in [1.54, 1.807) is 0 Å². The maximum absolute atomic E-state index is 7.59. The lowest BCUT2D eigenvalue weighted by atomic mass is 10.9. The zero-order chi connectivity index (χ0) is 21.8. The quantitative estimate of drug-likeness (QED) is 0.409. The molecule has 7 nitrogen and oxygen atoms in total. The second kappa shape index (κ2) is 23.3. The van der Waals surface area contributed by atoms with Gasteiger partial charge in [-0.05, 0) is 53.3 Å². The fraction of sp³-hybridized carbons (Fsp3) is 0.929. The van der Waals surface area contributed by atoms with Gasteiger partial charge < -0.3 is 27.1 Å². The fourth-order valence-corrected chi connectivity index (χ4v) is 3.99. The van der Waals surface area contributed by atoms with E-state index in [2.05, 4.69) is 0 Å². The van der Waals surface area contributed by atoms with Gasteiger partial charge in [-0.2, -0.15) is 5.26 Å². The van der Waals surface area contributed by atoms with Crippen molar-refractivity contribution in [2.45, 2.75) is 48.4 Å². The van der Waals surface area contributed by atoms with Crippen LogP contribution in [0.5, 0.6) is 0 Å². The van der Waals surface area contributed by atoms with Crippen molar-refractivity contribution in [2.24, 2.45) is 0 Å². The van der Waals surface area contributed by atoms with E-state index in [1.165, 1.54) is 0 Å². The van der Waals surface area contributed by atoms with Gasteiger partial charge in [0.15, 0.2) is 0 Å². The Bertz CT molecular complexity index is 375. The molecule has 0 saturated heterocycles. The smallest absolute Gasteiger partial charge is 0.313 e. The van der Waals surface area contributed by atoms with Crippen LogP contribution >= 0.6 is 15.3 Å². The summed E-state index contributed by atoms with van der Waals surface area (Å²) in [5.74, 6) is 0. The van der Waals surface area contributed by atoms with Crippen molar-refractivity contribution in [3.63, 3.8) is 0 Å². The highest BCUT2D eigenvalue weighted by molar-refractivity contribution is 8.07. The zero-order valence-corrected chi connectivity index (χ0v) is 18.0. The number of rotatable bonds is 12. The summed E-state index contributed by atoms with van der Waals surface area (Å²) in [5, 5.41) is 7.59. The predicted molar refractivity (Wildman–Crippen MR) is 102 cm³/mol. The largest absolute Gasteiger partial charge is 0.332 e. The topological polar surface area (TPSA) is 79.2 Å². The Balaban J connectivity index is -0.000000334. The fourth-order valence-electron chi connectivity index (χ4n) is 1.01. The van der Waals surface area contributed by atoms with Gasteiger partial charge in [0.25, 0.3) is 0 Å². The predicted octanol–water partition coefficient (Wildman–Crippen LogP) is 5.17. The van der Waals surface area contributed by atoms with Crippen LogP contribution in [0.1, 0.15) is 52.5 Å². The minimum absolute atomic E-state index is 0.539. The summed E-state index contributed by atoms with van der Waals surface area (Å²) in [7, 11) is -1.06. The molecule has 0 radical (unpaired) electrons. The van der Waals surface area contributed by atoms with Crippen molar-refractivity contribution in [2.75, 3.05) is 39.6 Å². The summed E-state index contributed by atoms with van der Waals surface area (Å²) in [6.45, 7) is 10.2. The van der Waals surface area contributed by atoms with Crippen molar-refractivity contribution in [3.05, 3.63) is 0 Å². The van der Waals surface area contributed by atoms with E-state index in [9.17, 15) is 0 Å². The first-order chi connectivity index (χ1) is 12.6. The summed E-state index contributed by atoms with van der Waals surface area (Å²) in [6, 6.07) is 1.10. The van der Waals surface area contributed by atoms with Gasteiger partial charge in [-0.1, -0.05) is 0 Å². The maximum Gasteiger partial charge on any atom is 0.332 e. The Kier molecular flexibility index (Phi) is 21.7. The third-order valence-electron chi connectivity index (χ3n) is 1.57. The lowest BCUT2D eigenvalue weighted by molar-refractivity contribution is 0.172. The van der Waals surface area contributed by atoms with Crippen molar-refractivity contribution >= 4 is 27.1 Å². The van der Waals surface area contributed by atoms with Gasteiger partial charge in [-0.15, -0.1) is 0 Å². The average Bonchev–Trinajstić information content (AvgIpc) is 2.57. The van der Waals surface area contributed by atoms with Crippen LogP contribution < -0.4 is 0 Å². The highest BCUT2D eigenvalue weighted by Gasteiger charge is 2.17. The van der Waals surface area contributed by atoms with Crippen LogP contribution in [-0.2, 0) is 38.9 Å². The Hall–Kier alpha value is 0.330. The number of nitriles is 1. The molecule has 0 spiro atoms. The molecule has 0 fully saturated rings. The SMILES string of the molecule is CCOP(=S)(OCC)OCC.CCOP(OCC)OCC.[2H]C([2H])([2H])C#N. The first-order valence-electron chi connectivity index (χ1n) is 9.23. The van der Waals surface area contributed by atoms with Gasteiger partial charge in [0.05, 0.1) is 45.7 Å². The third kappa shape index (κ3) is 22.3. The number of nitrogens with zero attached hydrogens (tertiary/aromatic N) is 1. The monoisotopic (exact) mass is 408 g/mol. The molecule has 0 aliphatic carbocycles. The van der Waals surface area contributed by atoms with Gasteiger partial charge in [0, 0.05) is 11.0 Å². The van der Waals surface area contributed by atoms with Crippen molar-refractivity contribution in [1.82, 2.24) is 0 Å². The standard InChI is InChI=1S/C6H15O3PS.C6H15O3P.C2H3N/c1-4-7-10(11,8-5-2)9-6-3;1-4-7-10(8-5-2)9-6-3;1-2-3/h4-6H2,1-3H3;4-6H2,1-3H3;1H3/i;;1D3. The molecule has 0 aromatic rings.